The summed E-state index contributed by atoms with van der Waals surface area (Å²) >= 11 is 0. The molecule has 7 heteroatoms. The van der Waals surface area contributed by atoms with Crippen molar-refractivity contribution in [3.05, 3.63) is 54.9 Å². The Morgan fingerprint density at radius 3 is 2.96 bits per heavy atom. The first-order chi connectivity index (χ1) is 11.5. The summed E-state index contributed by atoms with van der Waals surface area (Å²) in [6, 6.07) is 6.10. The van der Waals surface area contributed by atoms with Crippen molar-refractivity contribution in [3.63, 3.8) is 0 Å². The number of aromatic nitrogens is 3. The van der Waals surface area contributed by atoms with E-state index in [1.165, 1.54) is 0 Å². The molecule has 1 aliphatic rings. The lowest BCUT2D eigenvalue weighted by Crippen LogP contribution is -2.48. The predicted molar refractivity (Wildman–Crippen MR) is 92.0 cm³/mol. The van der Waals surface area contributed by atoms with E-state index in [1.807, 2.05) is 45.9 Å². The fraction of sp³-hybridized carbons (Fsp3) is 0.235. The smallest absolute Gasteiger partial charge is 0.136 e. The van der Waals surface area contributed by atoms with E-state index >= 15 is 0 Å². The zero-order valence-electron chi connectivity index (χ0n) is 13.6. The number of rotatable bonds is 4. The predicted octanol–water partition coefficient (Wildman–Crippen LogP) is 2.80. The number of imidazole rings is 1. The molecule has 0 fully saturated rings. The minimum atomic E-state index is -1.28. The first-order valence-corrected chi connectivity index (χ1v) is 7.81. The highest BCUT2D eigenvalue weighted by molar-refractivity contribution is 5.75. The second-order valence-corrected chi connectivity index (χ2v) is 6.43. The molecule has 124 valence electrons. The maximum Gasteiger partial charge on any atom is 0.136 e. The third kappa shape index (κ3) is 2.74. The highest BCUT2D eigenvalue weighted by atomic mass is 19.1. The van der Waals surface area contributed by atoms with Gasteiger partial charge in [-0.3, -0.25) is 0 Å². The summed E-state index contributed by atoms with van der Waals surface area (Å²) in [6.45, 7) is 3.29. The van der Waals surface area contributed by atoms with Gasteiger partial charge in [0.1, 0.15) is 11.3 Å². The number of alkyl halides is 1. The first-order valence-electron chi connectivity index (χ1n) is 7.81. The maximum absolute atomic E-state index is 13.6. The summed E-state index contributed by atoms with van der Waals surface area (Å²) in [6.07, 6.45) is 11.6. The van der Waals surface area contributed by atoms with E-state index < -0.39 is 5.67 Å². The van der Waals surface area contributed by atoms with E-state index in [0.29, 0.717) is 0 Å². The van der Waals surface area contributed by atoms with Crippen LogP contribution in [0.15, 0.2) is 49.2 Å². The van der Waals surface area contributed by atoms with Crippen LogP contribution in [-0.4, -0.2) is 31.4 Å². The van der Waals surface area contributed by atoms with Crippen LogP contribution in [0.1, 0.15) is 19.5 Å². The van der Waals surface area contributed by atoms with Gasteiger partial charge in [0.15, 0.2) is 0 Å². The molecule has 6 nitrogen and oxygen atoms in total. The van der Waals surface area contributed by atoms with Crippen LogP contribution in [0.5, 0.6) is 0 Å². The zero-order valence-corrected chi connectivity index (χ0v) is 13.6. The molecule has 24 heavy (non-hydrogen) atoms. The van der Waals surface area contributed by atoms with Crippen molar-refractivity contribution in [3.8, 4) is 11.1 Å². The van der Waals surface area contributed by atoms with E-state index in [9.17, 15) is 4.39 Å². The third-order valence-electron chi connectivity index (χ3n) is 3.89. The fourth-order valence-corrected chi connectivity index (χ4v) is 2.68. The summed E-state index contributed by atoms with van der Waals surface area (Å²) in [5.74, 6) is 0. The number of hydrogen-bond acceptors (Lipinski definition) is 4. The van der Waals surface area contributed by atoms with Crippen LogP contribution in [0.4, 0.5) is 4.39 Å². The first kappa shape index (κ1) is 14.8. The molecule has 4 heterocycles. The molecule has 3 aromatic heterocycles. The molecule has 0 unspecified atom stereocenters. The summed E-state index contributed by atoms with van der Waals surface area (Å²) in [7, 11) is 0. The van der Waals surface area contributed by atoms with Crippen molar-refractivity contribution >= 4 is 11.7 Å². The van der Waals surface area contributed by atoms with Crippen molar-refractivity contribution in [1.29, 1.82) is 0 Å². The molecule has 0 amide bonds. The summed E-state index contributed by atoms with van der Waals surface area (Å²) in [5, 5.41) is 1.65. The minimum absolute atomic E-state index is 0.213. The Balaban J connectivity index is 1.59. The molecule has 3 aromatic rings. The average Bonchev–Trinajstić information content (AvgIpc) is 3.17. The van der Waals surface area contributed by atoms with Crippen LogP contribution in [0, 0.1) is 0 Å². The van der Waals surface area contributed by atoms with Crippen molar-refractivity contribution in [2.24, 2.45) is 0 Å². The molecule has 0 saturated carbocycles. The number of halogens is 1. The van der Waals surface area contributed by atoms with Gasteiger partial charge in [0, 0.05) is 42.1 Å². The van der Waals surface area contributed by atoms with E-state index in [4.69, 9.17) is 0 Å². The molecule has 4 rings (SSSR count). The van der Waals surface area contributed by atoms with Crippen LogP contribution in [0.25, 0.3) is 22.9 Å². The second-order valence-electron chi connectivity index (χ2n) is 6.43. The Bertz CT molecular complexity index is 901. The van der Waals surface area contributed by atoms with Gasteiger partial charge in [0.05, 0.1) is 12.2 Å². The zero-order chi connectivity index (χ0) is 16.7. The lowest BCUT2D eigenvalue weighted by molar-refractivity contribution is 0.160. The van der Waals surface area contributed by atoms with Crippen LogP contribution < -0.4 is 11.0 Å². The van der Waals surface area contributed by atoms with Gasteiger partial charge in [-0.1, -0.05) is 0 Å². The number of fused-ring (bicyclic) bond motifs is 2. The van der Waals surface area contributed by atoms with Gasteiger partial charge in [-0.15, -0.1) is 0 Å². The lowest BCUT2D eigenvalue weighted by Gasteiger charge is -2.29. The molecular formula is C17H19FN6. The van der Waals surface area contributed by atoms with Gasteiger partial charge in [0.2, 0.25) is 0 Å². The minimum Gasteiger partial charge on any atom is -0.306 e. The van der Waals surface area contributed by atoms with Gasteiger partial charge in [-0.25, -0.2) is 30.1 Å². The molecule has 0 aromatic carbocycles. The number of nitrogens with zero attached hydrogens (tertiary/aromatic N) is 4. The van der Waals surface area contributed by atoms with Gasteiger partial charge in [-0.05, 0) is 38.1 Å². The van der Waals surface area contributed by atoms with Gasteiger partial charge >= 0.3 is 0 Å². The standard InChI is InChI=1S/C17H19FN6/c1-17(2,18)12-20-24-9-6-15-14(5-8-23(15)21-24)13-3-4-16-19-7-10-22(16)11-13/h3-11,20-21H,12H2,1-2H3. The van der Waals surface area contributed by atoms with Gasteiger partial charge in [-0.2, -0.15) is 0 Å². The molecule has 1 aliphatic heterocycles. The summed E-state index contributed by atoms with van der Waals surface area (Å²) in [5.41, 5.74) is 9.05. The summed E-state index contributed by atoms with van der Waals surface area (Å²) in [4.78, 5) is 4.26. The Labute approximate surface area is 139 Å². The topological polar surface area (TPSA) is 49.5 Å². The Morgan fingerprint density at radius 2 is 2.12 bits per heavy atom. The Hall–Kier alpha value is -2.80. The average molecular weight is 326 g/mol. The SMILES string of the molecule is CC(C)(F)CNN1C=Cc2c(-c3ccc4nccn4c3)ccn2N1. The Morgan fingerprint density at radius 1 is 1.25 bits per heavy atom. The molecule has 0 atom stereocenters. The molecular weight excluding hydrogens is 307 g/mol. The van der Waals surface area contributed by atoms with Gasteiger partial charge < -0.3 is 4.40 Å². The van der Waals surface area contributed by atoms with Crippen LogP contribution >= 0.6 is 0 Å². The third-order valence-corrected chi connectivity index (χ3v) is 3.89. The van der Waals surface area contributed by atoms with E-state index in [-0.39, 0.29) is 6.54 Å². The fourth-order valence-electron chi connectivity index (χ4n) is 2.68. The Kier molecular flexibility index (Phi) is 3.31. The number of pyridine rings is 1. The highest BCUT2D eigenvalue weighted by Crippen LogP contribution is 2.27. The van der Waals surface area contributed by atoms with Crippen molar-refractivity contribution in [2.45, 2.75) is 19.5 Å². The van der Waals surface area contributed by atoms with Crippen molar-refractivity contribution < 1.29 is 4.39 Å². The van der Waals surface area contributed by atoms with Crippen LogP contribution in [0.2, 0.25) is 0 Å². The van der Waals surface area contributed by atoms with E-state index in [1.54, 1.807) is 25.2 Å². The van der Waals surface area contributed by atoms with E-state index in [2.05, 4.69) is 28.2 Å². The summed E-state index contributed by atoms with van der Waals surface area (Å²) < 4.78 is 17.5. The quantitative estimate of drug-likeness (QED) is 0.774. The number of nitrogens with one attached hydrogen (secondary N) is 2. The highest BCUT2D eigenvalue weighted by Gasteiger charge is 2.18. The number of hydrazine groups is 2. The molecule has 0 bridgehead atoms. The largest absolute Gasteiger partial charge is 0.306 e. The molecule has 0 saturated heterocycles. The normalized spacial score (nSPS) is 14.0. The molecule has 0 spiro atoms. The monoisotopic (exact) mass is 326 g/mol. The second kappa shape index (κ2) is 5.38. The van der Waals surface area contributed by atoms with E-state index in [0.717, 1.165) is 22.5 Å². The maximum atomic E-state index is 13.6. The van der Waals surface area contributed by atoms with Crippen molar-refractivity contribution in [1.82, 2.24) is 24.6 Å². The molecule has 0 aliphatic carbocycles. The molecule has 2 N–H and O–H groups in total. The van der Waals surface area contributed by atoms with Crippen LogP contribution in [0.3, 0.4) is 0 Å². The molecule has 0 radical (unpaired) electrons. The van der Waals surface area contributed by atoms with Crippen LogP contribution in [-0.2, 0) is 0 Å². The van der Waals surface area contributed by atoms with Crippen molar-refractivity contribution in [2.75, 3.05) is 12.1 Å². The van der Waals surface area contributed by atoms with Gasteiger partial charge in [0.25, 0.3) is 0 Å². The number of hydrogen-bond donors (Lipinski definition) is 2. The lowest BCUT2D eigenvalue weighted by atomic mass is 10.1.